The van der Waals surface area contributed by atoms with E-state index >= 15 is 0 Å². The van der Waals surface area contributed by atoms with Gasteiger partial charge in [0.2, 0.25) is 5.71 Å². The molecule has 0 unspecified atom stereocenters. The van der Waals surface area contributed by atoms with E-state index < -0.39 is 0 Å². The van der Waals surface area contributed by atoms with Gasteiger partial charge in [0.1, 0.15) is 18.7 Å². The highest BCUT2D eigenvalue weighted by Gasteiger charge is 2.23. The molecule has 0 aromatic heterocycles. The van der Waals surface area contributed by atoms with Crippen LogP contribution in [0.1, 0.15) is 18.4 Å². The Bertz CT molecular complexity index is 936. The minimum absolute atomic E-state index is 0.230. The molecule has 8 nitrogen and oxygen atoms in total. The summed E-state index contributed by atoms with van der Waals surface area (Å²) in [6, 6.07) is 20.7. The van der Waals surface area contributed by atoms with Gasteiger partial charge in [-0.2, -0.15) is 15.6 Å². The predicted octanol–water partition coefficient (Wildman–Crippen LogP) is 3.71. The average Bonchev–Trinajstić information content (AvgIpc) is 2.80. The molecule has 0 saturated carbocycles. The second-order valence-corrected chi connectivity index (χ2v) is 6.82. The highest BCUT2D eigenvalue weighted by atomic mass is 16.6. The van der Waals surface area contributed by atoms with Crippen molar-refractivity contribution in [3.63, 3.8) is 0 Å². The number of carbonyl (C=O) groups is 1. The molecule has 2 aromatic rings. The summed E-state index contributed by atoms with van der Waals surface area (Å²) in [5.41, 5.74) is 5.06. The first-order valence-corrected chi connectivity index (χ1v) is 9.64. The molecule has 1 heterocycles. The first-order chi connectivity index (χ1) is 14.7. The normalized spacial score (nSPS) is 13.5. The predicted molar refractivity (Wildman–Crippen MR) is 114 cm³/mol. The zero-order chi connectivity index (χ0) is 21.2. The molecule has 1 fully saturated rings. The fourth-order valence-electron chi connectivity index (χ4n) is 3.09. The standard InChI is InChI=1S/C22H22N6O2/c23-14-21(15-24)27-26-20-8-6-18(7-9-20)25-19-10-12-28(13-11-19)22(29)30-16-17-4-2-1-3-5-17/h1-9,19,25-26H,10-13,16H2. The summed E-state index contributed by atoms with van der Waals surface area (Å²) in [4.78, 5) is 14.0. The molecule has 0 radical (unpaired) electrons. The van der Waals surface area contributed by atoms with Gasteiger partial charge in [0, 0.05) is 24.8 Å². The molecule has 152 valence electrons. The number of anilines is 2. The largest absolute Gasteiger partial charge is 0.445 e. The van der Waals surface area contributed by atoms with Gasteiger partial charge in [0.25, 0.3) is 0 Å². The van der Waals surface area contributed by atoms with E-state index in [1.807, 2.05) is 54.6 Å². The van der Waals surface area contributed by atoms with Crippen molar-refractivity contribution >= 4 is 23.2 Å². The topological polar surface area (TPSA) is 114 Å². The van der Waals surface area contributed by atoms with Crippen molar-refractivity contribution in [3.05, 3.63) is 60.2 Å². The number of amides is 1. The van der Waals surface area contributed by atoms with E-state index in [0.29, 0.717) is 18.8 Å². The van der Waals surface area contributed by atoms with Crippen LogP contribution in [-0.2, 0) is 11.3 Å². The molecule has 30 heavy (non-hydrogen) atoms. The van der Waals surface area contributed by atoms with Crippen LogP contribution in [0.2, 0.25) is 0 Å². The van der Waals surface area contributed by atoms with Crippen LogP contribution < -0.4 is 10.7 Å². The third-order valence-electron chi connectivity index (χ3n) is 4.72. The molecule has 8 heteroatoms. The van der Waals surface area contributed by atoms with Gasteiger partial charge in [-0.3, -0.25) is 5.43 Å². The van der Waals surface area contributed by atoms with Crippen LogP contribution in [-0.4, -0.2) is 35.8 Å². The second kappa shape index (κ2) is 10.5. The lowest BCUT2D eigenvalue weighted by Crippen LogP contribution is -2.42. The number of piperidine rings is 1. The van der Waals surface area contributed by atoms with Gasteiger partial charge in [-0.25, -0.2) is 4.79 Å². The molecule has 1 amide bonds. The van der Waals surface area contributed by atoms with Gasteiger partial charge in [0.05, 0.1) is 5.69 Å². The number of nitrogens with one attached hydrogen (secondary N) is 2. The Morgan fingerprint density at radius 1 is 1.03 bits per heavy atom. The Hall–Kier alpha value is -4.04. The maximum Gasteiger partial charge on any atom is 0.410 e. The summed E-state index contributed by atoms with van der Waals surface area (Å²) in [7, 11) is 0. The number of nitrogens with zero attached hydrogens (tertiary/aromatic N) is 4. The van der Waals surface area contributed by atoms with E-state index in [2.05, 4.69) is 15.8 Å². The summed E-state index contributed by atoms with van der Waals surface area (Å²) in [6.07, 6.45) is 1.39. The highest BCUT2D eigenvalue weighted by molar-refractivity contribution is 6.10. The summed E-state index contributed by atoms with van der Waals surface area (Å²) in [5, 5.41) is 24.5. The molecule has 3 rings (SSSR count). The van der Waals surface area contributed by atoms with Crippen molar-refractivity contribution in [2.75, 3.05) is 23.8 Å². The molecule has 1 aliphatic rings. The van der Waals surface area contributed by atoms with Gasteiger partial charge < -0.3 is 15.0 Å². The van der Waals surface area contributed by atoms with Gasteiger partial charge in [-0.1, -0.05) is 30.3 Å². The summed E-state index contributed by atoms with van der Waals surface area (Å²) >= 11 is 0. The van der Waals surface area contributed by atoms with Crippen LogP contribution in [0.5, 0.6) is 0 Å². The number of benzene rings is 2. The highest BCUT2D eigenvalue weighted by Crippen LogP contribution is 2.19. The summed E-state index contributed by atoms with van der Waals surface area (Å²) < 4.78 is 5.40. The lowest BCUT2D eigenvalue weighted by Gasteiger charge is -2.32. The zero-order valence-electron chi connectivity index (χ0n) is 16.4. The molecule has 0 spiro atoms. The molecular weight excluding hydrogens is 380 g/mol. The second-order valence-electron chi connectivity index (χ2n) is 6.82. The Kier molecular flexibility index (Phi) is 7.23. The smallest absolute Gasteiger partial charge is 0.410 e. The van der Waals surface area contributed by atoms with Crippen molar-refractivity contribution in [1.29, 1.82) is 10.5 Å². The van der Waals surface area contributed by atoms with Gasteiger partial charge >= 0.3 is 6.09 Å². The fraction of sp³-hybridized carbons (Fsp3) is 0.273. The number of rotatable bonds is 6. The Morgan fingerprint density at radius 3 is 2.30 bits per heavy atom. The van der Waals surface area contributed by atoms with Crippen molar-refractivity contribution in [2.45, 2.75) is 25.5 Å². The van der Waals surface area contributed by atoms with E-state index in [1.54, 1.807) is 17.0 Å². The number of carbonyl (C=O) groups excluding carboxylic acids is 1. The van der Waals surface area contributed by atoms with Crippen LogP contribution in [0.25, 0.3) is 0 Å². The van der Waals surface area contributed by atoms with E-state index in [4.69, 9.17) is 15.3 Å². The van der Waals surface area contributed by atoms with Crippen LogP contribution in [0.3, 0.4) is 0 Å². The van der Waals surface area contributed by atoms with Crippen molar-refractivity contribution in [2.24, 2.45) is 5.10 Å². The molecule has 2 N–H and O–H groups in total. The number of hydrazone groups is 1. The molecule has 1 saturated heterocycles. The van der Waals surface area contributed by atoms with Crippen LogP contribution in [0, 0.1) is 22.7 Å². The first kappa shape index (κ1) is 20.7. The Labute approximate surface area is 175 Å². The first-order valence-electron chi connectivity index (χ1n) is 9.64. The fourth-order valence-corrected chi connectivity index (χ4v) is 3.09. The van der Waals surface area contributed by atoms with E-state index in [9.17, 15) is 4.79 Å². The summed E-state index contributed by atoms with van der Waals surface area (Å²) in [6.45, 7) is 1.57. The number of nitriles is 2. The molecule has 2 aromatic carbocycles. The van der Waals surface area contributed by atoms with Crippen LogP contribution >= 0.6 is 0 Å². The van der Waals surface area contributed by atoms with Gasteiger partial charge in [-0.15, -0.1) is 0 Å². The minimum atomic E-state index is -0.276. The van der Waals surface area contributed by atoms with Crippen molar-refractivity contribution in [3.8, 4) is 12.1 Å². The maximum absolute atomic E-state index is 12.3. The van der Waals surface area contributed by atoms with Gasteiger partial charge in [-0.05, 0) is 42.7 Å². The van der Waals surface area contributed by atoms with Crippen LogP contribution in [0.4, 0.5) is 16.2 Å². The Balaban J connectivity index is 1.42. The Morgan fingerprint density at radius 2 is 1.67 bits per heavy atom. The minimum Gasteiger partial charge on any atom is -0.445 e. The van der Waals surface area contributed by atoms with E-state index in [-0.39, 0.29) is 24.5 Å². The molecule has 0 atom stereocenters. The third-order valence-corrected chi connectivity index (χ3v) is 4.72. The number of likely N-dealkylation sites (tertiary alicyclic amines) is 1. The molecule has 0 aliphatic carbocycles. The zero-order valence-corrected chi connectivity index (χ0v) is 16.4. The molecule has 0 bridgehead atoms. The average molecular weight is 402 g/mol. The molecule has 1 aliphatic heterocycles. The van der Waals surface area contributed by atoms with Gasteiger partial charge in [0.15, 0.2) is 0 Å². The SMILES string of the molecule is N#CC(C#N)=NNc1ccc(NC2CCN(C(=O)OCc3ccccc3)CC2)cc1. The number of ether oxygens (including phenoxy) is 1. The lowest BCUT2D eigenvalue weighted by atomic mass is 10.0. The van der Waals surface area contributed by atoms with Crippen molar-refractivity contribution < 1.29 is 9.53 Å². The number of hydrogen-bond donors (Lipinski definition) is 2. The lowest BCUT2D eigenvalue weighted by molar-refractivity contribution is 0.0882. The third kappa shape index (κ3) is 5.98. The maximum atomic E-state index is 12.3. The van der Waals surface area contributed by atoms with E-state index in [0.717, 1.165) is 24.1 Å². The monoisotopic (exact) mass is 402 g/mol. The van der Waals surface area contributed by atoms with E-state index in [1.165, 1.54) is 0 Å². The molecular formula is C22H22N6O2. The van der Waals surface area contributed by atoms with Crippen molar-refractivity contribution in [1.82, 2.24) is 4.90 Å². The quantitative estimate of drug-likeness (QED) is 0.562. The number of hydrogen-bond acceptors (Lipinski definition) is 7. The van der Waals surface area contributed by atoms with Crippen LogP contribution in [0.15, 0.2) is 59.7 Å². The summed E-state index contributed by atoms with van der Waals surface area (Å²) in [5.74, 6) is 0.